The van der Waals surface area contributed by atoms with Gasteiger partial charge in [-0.1, -0.05) is 30.3 Å². The SMILES string of the molecule is O=S1(=O)C=CC(NC(=S)NCc2ccccc2)C1. The van der Waals surface area contributed by atoms with Crippen LogP contribution < -0.4 is 10.6 Å². The zero-order valence-corrected chi connectivity index (χ0v) is 11.3. The Morgan fingerprint density at radius 1 is 1.33 bits per heavy atom. The first kappa shape index (κ1) is 13.0. The van der Waals surface area contributed by atoms with Crippen LogP contribution in [-0.2, 0) is 16.4 Å². The van der Waals surface area contributed by atoms with E-state index >= 15 is 0 Å². The maximum atomic E-state index is 11.2. The standard InChI is InChI=1S/C12H14N2O2S2/c15-18(16)7-6-11(9-18)14-12(17)13-8-10-4-2-1-3-5-10/h1-7,11H,8-9H2,(H2,13,14,17). The molecule has 1 aliphatic rings. The van der Waals surface area contributed by atoms with Crippen LogP contribution in [0.5, 0.6) is 0 Å². The number of hydrogen-bond acceptors (Lipinski definition) is 3. The molecule has 2 N–H and O–H groups in total. The van der Waals surface area contributed by atoms with Crippen LogP contribution in [0.1, 0.15) is 5.56 Å². The van der Waals surface area contributed by atoms with E-state index in [1.165, 1.54) is 5.41 Å². The molecule has 96 valence electrons. The molecular weight excluding hydrogens is 268 g/mol. The largest absolute Gasteiger partial charge is 0.359 e. The predicted octanol–water partition coefficient (Wildman–Crippen LogP) is 0.961. The van der Waals surface area contributed by atoms with Gasteiger partial charge in [-0.25, -0.2) is 8.42 Å². The molecule has 0 spiro atoms. The summed E-state index contributed by atoms with van der Waals surface area (Å²) < 4.78 is 22.4. The van der Waals surface area contributed by atoms with E-state index in [-0.39, 0.29) is 11.8 Å². The molecule has 0 aromatic heterocycles. The highest BCUT2D eigenvalue weighted by molar-refractivity contribution is 7.94. The number of hydrogen-bond donors (Lipinski definition) is 2. The van der Waals surface area contributed by atoms with E-state index in [1.807, 2.05) is 30.3 Å². The fourth-order valence-electron chi connectivity index (χ4n) is 1.66. The number of benzene rings is 1. The van der Waals surface area contributed by atoms with E-state index in [0.717, 1.165) is 5.56 Å². The van der Waals surface area contributed by atoms with Gasteiger partial charge < -0.3 is 10.6 Å². The topological polar surface area (TPSA) is 58.2 Å². The van der Waals surface area contributed by atoms with Crippen molar-refractivity contribution in [2.45, 2.75) is 12.6 Å². The summed E-state index contributed by atoms with van der Waals surface area (Å²) in [6.07, 6.45) is 1.62. The Bertz CT molecular complexity index is 553. The van der Waals surface area contributed by atoms with E-state index in [2.05, 4.69) is 10.6 Å². The second-order valence-corrected chi connectivity index (χ2v) is 6.42. The smallest absolute Gasteiger partial charge is 0.173 e. The lowest BCUT2D eigenvalue weighted by Crippen LogP contribution is -2.41. The number of thiocarbonyl (C=S) groups is 1. The molecule has 0 fully saturated rings. The van der Waals surface area contributed by atoms with Crippen molar-refractivity contribution in [1.82, 2.24) is 10.6 Å². The van der Waals surface area contributed by atoms with Gasteiger partial charge in [-0.2, -0.15) is 0 Å². The molecule has 0 aliphatic carbocycles. The number of nitrogens with one attached hydrogen (secondary N) is 2. The van der Waals surface area contributed by atoms with Crippen molar-refractivity contribution in [3.63, 3.8) is 0 Å². The lowest BCUT2D eigenvalue weighted by molar-refractivity contribution is 0.602. The molecule has 0 saturated heterocycles. The van der Waals surface area contributed by atoms with Crippen LogP contribution in [0.25, 0.3) is 0 Å². The lowest BCUT2D eigenvalue weighted by Gasteiger charge is -2.14. The molecule has 4 nitrogen and oxygen atoms in total. The zero-order valence-electron chi connectivity index (χ0n) is 9.67. The summed E-state index contributed by atoms with van der Waals surface area (Å²) in [7, 11) is -3.04. The van der Waals surface area contributed by atoms with Gasteiger partial charge >= 0.3 is 0 Å². The summed E-state index contributed by atoms with van der Waals surface area (Å²) in [5, 5.41) is 7.69. The van der Waals surface area contributed by atoms with Crippen LogP contribution in [0, 0.1) is 0 Å². The highest BCUT2D eigenvalue weighted by Crippen LogP contribution is 2.07. The minimum Gasteiger partial charge on any atom is -0.359 e. The summed E-state index contributed by atoms with van der Waals surface area (Å²) in [5.74, 6) is 0.0696. The molecule has 1 aliphatic heterocycles. The summed E-state index contributed by atoms with van der Waals surface area (Å²) in [4.78, 5) is 0. The molecule has 2 rings (SSSR count). The maximum Gasteiger partial charge on any atom is 0.173 e. The Kier molecular flexibility index (Phi) is 3.98. The minimum atomic E-state index is -3.04. The Morgan fingerprint density at radius 2 is 2.06 bits per heavy atom. The lowest BCUT2D eigenvalue weighted by atomic mass is 10.2. The molecule has 0 saturated carbocycles. The summed E-state index contributed by atoms with van der Waals surface area (Å²) in [6.45, 7) is 0.621. The molecule has 18 heavy (non-hydrogen) atoms. The fraction of sp³-hybridized carbons (Fsp3) is 0.250. The third kappa shape index (κ3) is 3.82. The second-order valence-electron chi connectivity index (χ2n) is 4.08. The predicted molar refractivity (Wildman–Crippen MR) is 75.7 cm³/mol. The Hall–Kier alpha value is -1.40. The zero-order chi connectivity index (χ0) is 13.0. The van der Waals surface area contributed by atoms with Crippen LogP contribution in [0.15, 0.2) is 41.8 Å². The number of rotatable bonds is 3. The molecule has 1 aromatic rings. The van der Waals surface area contributed by atoms with Crippen LogP contribution in [-0.4, -0.2) is 25.3 Å². The summed E-state index contributed by atoms with van der Waals surface area (Å²) in [6, 6.07) is 9.63. The van der Waals surface area contributed by atoms with Gasteiger partial charge in [0, 0.05) is 12.0 Å². The van der Waals surface area contributed by atoms with Crippen molar-refractivity contribution in [2.75, 3.05) is 5.75 Å². The first-order valence-corrected chi connectivity index (χ1v) is 7.67. The van der Waals surface area contributed by atoms with E-state index < -0.39 is 9.84 Å². The van der Waals surface area contributed by atoms with Gasteiger partial charge in [0.15, 0.2) is 14.9 Å². The molecular formula is C12H14N2O2S2. The van der Waals surface area contributed by atoms with Crippen molar-refractivity contribution in [3.05, 3.63) is 47.4 Å². The van der Waals surface area contributed by atoms with Gasteiger partial charge in [-0.05, 0) is 23.9 Å². The fourth-order valence-corrected chi connectivity index (χ4v) is 3.12. The maximum absolute atomic E-state index is 11.2. The average Bonchev–Trinajstić information content (AvgIpc) is 2.67. The molecule has 0 radical (unpaired) electrons. The third-order valence-corrected chi connectivity index (χ3v) is 4.20. The van der Waals surface area contributed by atoms with Crippen molar-refractivity contribution >= 4 is 27.2 Å². The average molecular weight is 282 g/mol. The first-order valence-electron chi connectivity index (χ1n) is 5.54. The highest BCUT2D eigenvalue weighted by atomic mass is 32.2. The van der Waals surface area contributed by atoms with Crippen molar-refractivity contribution in [1.29, 1.82) is 0 Å². The van der Waals surface area contributed by atoms with E-state index in [9.17, 15) is 8.42 Å². The molecule has 1 atom stereocenters. The van der Waals surface area contributed by atoms with Crippen LogP contribution in [0.4, 0.5) is 0 Å². The van der Waals surface area contributed by atoms with Crippen LogP contribution in [0.2, 0.25) is 0 Å². The third-order valence-electron chi connectivity index (χ3n) is 2.54. The van der Waals surface area contributed by atoms with E-state index in [1.54, 1.807) is 6.08 Å². The monoisotopic (exact) mass is 282 g/mol. The van der Waals surface area contributed by atoms with Crippen molar-refractivity contribution in [3.8, 4) is 0 Å². The van der Waals surface area contributed by atoms with Gasteiger partial charge in [0.25, 0.3) is 0 Å². The Labute approximate surface area is 112 Å². The molecule has 0 bridgehead atoms. The second kappa shape index (κ2) is 5.49. The van der Waals surface area contributed by atoms with Crippen LogP contribution >= 0.6 is 12.2 Å². The van der Waals surface area contributed by atoms with Gasteiger partial charge in [0.05, 0.1) is 11.8 Å². The van der Waals surface area contributed by atoms with Gasteiger partial charge in [-0.3, -0.25) is 0 Å². The van der Waals surface area contributed by atoms with Crippen molar-refractivity contribution in [2.24, 2.45) is 0 Å². The van der Waals surface area contributed by atoms with Crippen LogP contribution in [0.3, 0.4) is 0 Å². The number of sulfone groups is 1. The van der Waals surface area contributed by atoms with E-state index in [0.29, 0.717) is 11.7 Å². The van der Waals surface area contributed by atoms with Gasteiger partial charge in [0.2, 0.25) is 0 Å². The molecule has 1 unspecified atom stereocenters. The normalized spacial score (nSPS) is 20.6. The summed E-state index contributed by atoms with van der Waals surface area (Å²) >= 11 is 5.11. The van der Waals surface area contributed by atoms with E-state index in [4.69, 9.17) is 12.2 Å². The highest BCUT2D eigenvalue weighted by Gasteiger charge is 2.21. The Morgan fingerprint density at radius 3 is 2.67 bits per heavy atom. The quantitative estimate of drug-likeness (QED) is 0.809. The first-order chi connectivity index (χ1) is 8.55. The molecule has 6 heteroatoms. The van der Waals surface area contributed by atoms with Gasteiger partial charge in [-0.15, -0.1) is 0 Å². The summed E-state index contributed by atoms with van der Waals surface area (Å²) in [5.41, 5.74) is 1.12. The molecule has 1 aromatic carbocycles. The Balaban J connectivity index is 1.79. The molecule has 0 amide bonds. The van der Waals surface area contributed by atoms with Crippen molar-refractivity contribution < 1.29 is 8.42 Å². The van der Waals surface area contributed by atoms with Gasteiger partial charge in [0.1, 0.15) is 0 Å². The minimum absolute atomic E-state index is 0.0696. The molecule has 1 heterocycles.